The molecule has 2 heteroatoms. The van der Waals surface area contributed by atoms with Crippen molar-refractivity contribution in [3.63, 3.8) is 0 Å². The standard InChI is InChI=1S/C11H11NO/c13-11-7-6-10(8-11)12-9-4-2-1-3-5-9/h1-5H,6-8H2. The zero-order valence-electron chi connectivity index (χ0n) is 7.36. The van der Waals surface area contributed by atoms with Gasteiger partial charge in [-0.3, -0.25) is 9.79 Å². The second-order valence-corrected chi connectivity index (χ2v) is 3.23. The molecule has 0 aliphatic heterocycles. The van der Waals surface area contributed by atoms with Gasteiger partial charge in [0.2, 0.25) is 0 Å². The normalized spacial score (nSPS) is 19.7. The monoisotopic (exact) mass is 173 g/mol. The van der Waals surface area contributed by atoms with Crippen molar-refractivity contribution in [2.75, 3.05) is 0 Å². The molecular weight excluding hydrogens is 162 g/mol. The number of rotatable bonds is 1. The molecule has 0 radical (unpaired) electrons. The summed E-state index contributed by atoms with van der Waals surface area (Å²) in [5.74, 6) is 0.315. The average Bonchev–Trinajstić information content (AvgIpc) is 2.53. The van der Waals surface area contributed by atoms with Gasteiger partial charge in [0.05, 0.1) is 5.69 Å². The molecule has 0 atom stereocenters. The van der Waals surface area contributed by atoms with E-state index in [4.69, 9.17) is 0 Å². The molecule has 1 aromatic carbocycles. The largest absolute Gasteiger partial charge is 0.299 e. The zero-order chi connectivity index (χ0) is 9.10. The Bertz CT molecular complexity index is 340. The maximum atomic E-state index is 11.0. The number of Topliss-reactive ketones (excluding diaryl/α,β-unsaturated/α-hetero) is 1. The third kappa shape index (κ3) is 2.02. The van der Waals surface area contributed by atoms with Crippen LogP contribution in [0.3, 0.4) is 0 Å². The molecule has 0 bridgehead atoms. The topological polar surface area (TPSA) is 29.4 Å². The van der Waals surface area contributed by atoms with Crippen LogP contribution in [0.1, 0.15) is 19.3 Å². The molecule has 0 unspecified atom stereocenters. The maximum absolute atomic E-state index is 11.0. The van der Waals surface area contributed by atoms with Gasteiger partial charge in [0.1, 0.15) is 5.78 Å². The molecule has 2 rings (SSSR count). The van der Waals surface area contributed by atoms with Gasteiger partial charge in [-0.25, -0.2) is 0 Å². The number of carbonyl (C=O) groups excluding carboxylic acids is 1. The summed E-state index contributed by atoms with van der Waals surface area (Å²) in [6.45, 7) is 0. The lowest BCUT2D eigenvalue weighted by molar-refractivity contribution is -0.116. The van der Waals surface area contributed by atoms with Crippen LogP contribution >= 0.6 is 0 Å². The van der Waals surface area contributed by atoms with Gasteiger partial charge in [-0.1, -0.05) is 18.2 Å². The summed E-state index contributed by atoms with van der Waals surface area (Å²) in [6.07, 6.45) is 2.06. The fraction of sp³-hybridized carbons (Fsp3) is 0.273. The number of benzene rings is 1. The van der Waals surface area contributed by atoms with Crippen LogP contribution in [-0.4, -0.2) is 11.5 Å². The van der Waals surface area contributed by atoms with Crippen LogP contribution < -0.4 is 0 Å². The fourth-order valence-electron chi connectivity index (χ4n) is 1.47. The van der Waals surface area contributed by atoms with E-state index < -0.39 is 0 Å². The van der Waals surface area contributed by atoms with E-state index in [0.717, 1.165) is 17.8 Å². The Kier molecular flexibility index (Phi) is 2.21. The minimum absolute atomic E-state index is 0.315. The van der Waals surface area contributed by atoms with E-state index in [2.05, 4.69) is 4.99 Å². The molecule has 0 saturated heterocycles. The van der Waals surface area contributed by atoms with E-state index in [9.17, 15) is 4.79 Å². The molecular formula is C11H11NO. The SMILES string of the molecule is O=C1CCC(=Nc2ccccc2)C1. The first kappa shape index (κ1) is 8.17. The summed E-state index contributed by atoms with van der Waals surface area (Å²) in [4.78, 5) is 15.4. The Balaban J connectivity index is 2.17. The lowest BCUT2D eigenvalue weighted by Gasteiger charge is -1.94. The van der Waals surface area contributed by atoms with E-state index in [1.54, 1.807) is 0 Å². The van der Waals surface area contributed by atoms with Crippen LogP contribution in [0.2, 0.25) is 0 Å². The van der Waals surface area contributed by atoms with Crippen molar-refractivity contribution in [3.05, 3.63) is 30.3 Å². The minimum atomic E-state index is 0.315. The Morgan fingerprint density at radius 3 is 2.46 bits per heavy atom. The molecule has 0 N–H and O–H groups in total. The molecule has 0 amide bonds. The molecule has 0 heterocycles. The molecule has 0 aromatic heterocycles. The van der Waals surface area contributed by atoms with Crippen molar-refractivity contribution in [2.24, 2.45) is 4.99 Å². The Labute approximate surface area is 77.3 Å². The Morgan fingerprint density at radius 1 is 1.08 bits per heavy atom. The minimum Gasteiger partial charge on any atom is -0.299 e. The third-order valence-electron chi connectivity index (χ3n) is 2.14. The van der Waals surface area contributed by atoms with Gasteiger partial charge in [0.15, 0.2) is 0 Å². The molecule has 1 aliphatic rings. The summed E-state index contributed by atoms with van der Waals surface area (Å²) in [5, 5.41) is 0. The number of hydrogen-bond acceptors (Lipinski definition) is 2. The third-order valence-corrected chi connectivity index (χ3v) is 2.14. The Morgan fingerprint density at radius 2 is 1.85 bits per heavy atom. The first-order chi connectivity index (χ1) is 6.34. The van der Waals surface area contributed by atoms with Crippen LogP contribution in [0.4, 0.5) is 5.69 Å². The second-order valence-electron chi connectivity index (χ2n) is 3.23. The molecule has 1 aromatic rings. The van der Waals surface area contributed by atoms with Crippen LogP contribution in [0.25, 0.3) is 0 Å². The van der Waals surface area contributed by atoms with E-state index in [1.165, 1.54) is 0 Å². The molecule has 1 saturated carbocycles. The highest BCUT2D eigenvalue weighted by molar-refractivity contribution is 6.08. The summed E-state index contributed by atoms with van der Waals surface area (Å²) < 4.78 is 0. The van der Waals surface area contributed by atoms with Crippen molar-refractivity contribution in [3.8, 4) is 0 Å². The maximum Gasteiger partial charge on any atom is 0.138 e. The van der Waals surface area contributed by atoms with Gasteiger partial charge in [-0.05, 0) is 18.6 Å². The number of hydrogen-bond donors (Lipinski definition) is 0. The number of para-hydroxylation sites is 1. The number of carbonyl (C=O) groups is 1. The van der Waals surface area contributed by atoms with Gasteiger partial charge in [0, 0.05) is 18.6 Å². The van der Waals surface area contributed by atoms with Crippen LogP contribution in [0.15, 0.2) is 35.3 Å². The molecule has 1 fully saturated rings. The number of ketones is 1. The quantitative estimate of drug-likeness (QED) is 0.641. The van der Waals surface area contributed by atoms with E-state index in [1.807, 2.05) is 30.3 Å². The molecule has 2 nitrogen and oxygen atoms in total. The first-order valence-electron chi connectivity index (χ1n) is 4.48. The molecule has 66 valence electrons. The van der Waals surface area contributed by atoms with Crippen molar-refractivity contribution in [2.45, 2.75) is 19.3 Å². The van der Waals surface area contributed by atoms with Gasteiger partial charge < -0.3 is 0 Å². The predicted molar refractivity (Wildman–Crippen MR) is 52.4 cm³/mol. The van der Waals surface area contributed by atoms with Gasteiger partial charge in [-0.15, -0.1) is 0 Å². The van der Waals surface area contributed by atoms with Gasteiger partial charge in [0.25, 0.3) is 0 Å². The highest BCUT2D eigenvalue weighted by Gasteiger charge is 2.16. The first-order valence-corrected chi connectivity index (χ1v) is 4.48. The van der Waals surface area contributed by atoms with Gasteiger partial charge >= 0.3 is 0 Å². The summed E-state index contributed by atoms with van der Waals surface area (Å²) in [6, 6.07) is 9.78. The lowest BCUT2D eigenvalue weighted by Crippen LogP contribution is -1.90. The van der Waals surface area contributed by atoms with Crippen LogP contribution in [0, 0.1) is 0 Å². The van der Waals surface area contributed by atoms with Crippen molar-refractivity contribution < 1.29 is 4.79 Å². The smallest absolute Gasteiger partial charge is 0.138 e. The average molecular weight is 173 g/mol. The molecule has 0 spiro atoms. The highest BCUT2D eigenvalue weighted by atomic mass is 16.1. The van der Waals surface area contributed by atoms with Crippen molar-refractivity contribution in [1.82, 2.24) is 0 Å². The Hall–Kier alpha value is -1.44. The summed E-state index contributed by atoms with van der Waals surface area (Å²) in [7, 11) is 0. The fourth-order valence-corrected chi connectivity index (χ4v) is 1.47. The number of aliphatic imine (C=N–C) groups is 1. The zero-order valence-corrected chi connectivity index (χ0v) is 7.36. The van der Waals surface area contributed by atoms with Crippen LogP contribution in [0.5, 0.6) is 0 Å². The predicted octanol–water partition coefficient (Wildman–Crippen LogP) is 2.51. The number of nitrogens with zero attached hydrogens (tertiary/aromatic N) is 1. The molecule has 1 aliphatic carbocycles. The van der Waals surface area contributed by atoms with Crippen LogP contribution in [-0.2, 0) is 4.79 Å². The molecule has 13 heavy (non-hydrogen) atoms. The van der Waals surface area contributed by atoms with Crippen molar-refractivity contribution >= 4 is 17.2 Å². The van der Waals surface area contributed by atoms with Gasteiger partial charge in [-0.2, -0.15) is 0 Å². The van der Waals surface area contributed by atoms with E-state index in [-0.39, 0.29) is 0 Å². The second kappa shape index (κ2) is 3.52. The highest BCUT2D eigenvalue weighted by Crippen LogP contribution is 2.17. The van der Waals surface area contributed by atoms with E-state index >= 15 is 0 Å². The van der Waals surface area contributed by atoms with Crippen molar-refractivity contribution in [1.29, 1.82) is 0 Å². The summed E-state index contributed by atoms with van der Waals surface area (Å²) >= 11 is 0. The lowest BCUT2D eigenvalue weighted by atomic mass is 10.3. The summed E-state index contributed by atoms with van der Waals surface area (Å²) in [5.41, 5.74) is 1.98. The van der Waals surface area contributed by atoms with E-state index in [0.29, 0.717) is 18.6 Å².